The molecule has 0 aliphatic rings. The number of ether oxygens (including phenoxy) is 1. The monoisotopic (exact) mass is 309 g/mol. The first-order chi connectivity index (χ1) is 9.60. The summed E-state index contributed by atoms with van der Waals surface area (Å²) in [5.41, 5.74) is 6.94. The van der Waals surface area contributed by atoms with Gasteiger partial charge in [-0.2, -0.15) is 0 Å². The maximum atomic E-state index is 6.25. The van der Waals surface area contributed by atoms with Crippen molar-refractivity contribution in [3.63, 3.8) is 0 Å². The first-order valence-corrected chi connectivity index (χ1v) is 8.03. The molecule has 20 heavy (non-hydrogen) atoms. The van der Waals surface area contributed by atoms with Crippen LogP contribution in [0, 0.1) is 0 Å². The number of thiophene rings is 1. The molecule has 2 rings (SSSR count). The Bertz CT molecular complexity index is 565. The van der Waals surface area contributed by atoms with E-state index in [1.165, 1.54) is 9.75 Å². The van der Waals surface area contributed by atoms with Crippen molar-refractivity contribution in [3.05, 3.63) is 50.7 Å². The molecule has 2 aromatic rings. The third-order valence-corrected chi connectivity index (χ3v) is 4.52. The molecule has 1 heterocycles. The van der Waals surface area contributed by atoms with Crippen LogP contribution < -0.4 is 10.5 Å². The molecule has 0 aliphatic carbocycles. The van der Waals surface area contributed by atoms with E-state index in [1.807, 2.05) is 25.1 Å². The number of hydrogen-bond acceptors (Lipinski definition) is 3. The highest BCUT2D eigenvalue weighted by atomic mass is 35.5. The van der Waals surface area contributed by atoms with Crippen molar-refractivity contribution in [2.75, 3.05) is 0 Å². The van der Waals surface area contributed by atoms with Crippen molar-refractivity contribution < 1.29 is 4.74 Å². The lowest BCUT2D eigenvalue weighted by atomic mass is 10.1. The molecule has 0 radical (unpaired) electrons. The van der Waals surface area contributed by atoms with Gasteiger partial charge in [-0.3, -0.25) is 0 Å². The molecule has 2 N–H and O–H groups in total. The van der Waals surface area contributed by atoms with Crippen LogP contribution in [0.3, 0.4) is 0 Å². The van der Waals surface area contributed by atoms with Gasteiger partial charge >= 0.3 is 0 Å². The van der Waals surface area contributed by atoms with E-state index in [9.17, 15) is 0 Å². The van der Waals surface area contributed by atoms with Gasteiger partial charge in [0.25, 0.3) is 0 Å². The van der Waals surface area contributed by atoms with Gasteiger partial charge < -0.3 is 10.5 Å². The van der Waals surface area contributed by atoms with E-state index in [-0.39, 0.29) is 6.04 Å². The number of hydrogen-bond donors (Lipinski definition) is 1. The minimum absolute atomic E-state index is 0.0873. The van der Waals surface area contributed by atoms with Crippen LogP contribution >= 0.6 is 22.9 Å². The van der Waals surface area contributed by atoms with Crippen LogP contribution in [0.2, 0.25) is 5.02 Å². The Labute approximate surface area is 129 Å². The lowest BCUT2D eigenvalue weighted by Crippen LogP contribution is -2.18. The third-order valence-electron chi connectivity index (χ3n) is 3.01. The van der Waals surface area contributed by atoms with Gasteiger partial charge in [-0.1, -0.05) is 30.7 Å². The molecule has 2 nitrogen and oxygen atoms in total. The maximum Gasteiger partial charge on any atom is 0.141 e. The van der Waals surface area contributed by atoms with Gasteiger partial charge in [0.1, 0.15) is 12.4 Å². The number of halogens is 1. The molecule has 4 heteroatoms. The summed E-state index contributed by atoms with van der Waals surface area (Å²) in [5, 5.41) is 0.649. The quantitative estimate of drug-likeness (QED) is 0.856. The van der Waals surface area contributed by atoms with Crippen LogP contribution in [0.4, 0.5) is 0 Å². The smallest absolute Gasteiger partial charge is 0.141 e. The molecule has 1 unspecified atom stereocenters. The van der Waals surface area contributed by atoms with Gasteiger partial charge in [-0.25, -0.2) is 0 Å². The summed E-state index contributed by atoms with van der Waals surface area (Å²) in [4.78, 5) is 2.59. The first-order valence-electron chi connectivity index (χ1n) is 6.83. The predicted molar refractivity (Wildman–Crippen MR) is 86.8 cm³/mol. The van der Waals surface area contributed by atoms with Crippen molar-refractivity contribution >= 4 is 22.9 Å². The molecule has 0 fully saturated rings. The fourth-order valence-electron chi connectivity index (χ4n) is 2.06. The van der Waals surface area contributed by atoms with Crippen LogP contribution in [-0.4, -0.2) is 6.04 Å². The zero-order valence-electron chi connectivity index (χ0n) is 11.9. The summed E-state index contributed by atoms with van der Waals surface area (Å²) in [6, 6.07) is 10.2. The van der Waals surface area contributed by atoms with Gasteiger partial charge in [-0.15, -0.1) is 11.3 Å². The van der Waals surface area contributed by atoms with E-state index in [0.717, 1.165) is 24.2 Å². The molecule has 108 valence electrons. The Morgan fingerprint density at radius 3 is 2.65 bits per heavy atom. The average Bonchev–Trinajstić information content (AvgIpc) is 2.85. The Balaban J connectivity index is 2.11. The van der Waals surface area contributed by atoms with Gasteiger partial charge in [0.05, 0.1) is 5.02 Å². The lowest BCUT2D eigenvalue weighted by Gasteiger charge is -2.14. The minimum atomic E-state index is 0.0873. The molecule has 0 spiro atoms. The molecular weight excluding hydrogens is 290 g/mol. The third kappa shape index (κ3) is 3.98. The van der Waals surface area contributed by atoms with Crippen LogP contribution in [0.5, 0.6) is 5.75 Å². The Kier molecular flexibility index (Phi) is 5.46. The largest absolute Gasteiger partial charge is 0.486 e. The highest BCUT2D eigenvalue weighted by molar-refractivity contribution is 7.11. The topological polar surface area (TPSA) is 35.2 Å². The number of rotatable bonds is 6. The fourth-order valence-corrected chi connectivity index (χ4v) is 3.18. The van der Waals surface area contributed by atoms with Gasteiger partial charge in [0, 0.05) is 15.8 Å². The second-order valence-corrected chi connectivity index (χ2v) is 6.58. The zero-order chi connectivity index (χ0) is 14.5. The number of nitrogens with two attached hydrogens (primary N) is 1. The first kappa shape index (κ1) is 15.4. The molecule has 1 aromatic heterocycles. The molecule has 1 aromatic carbocycles. The Hall–Kier alpha value is -1.03. The molecule has 0 aliphatic heterocycles. The predicted octanol–water partition coefficient (Wildman–Crippen LogP) is 4.43. The maximum absolute atomic E-state index is 6.25. The van der Waals surface area contributed by atoms with Crippen molar-refractivity contribution in [2.24, 2.45) is 5.73 Å². The summed E-state index contributed by atoms with van der Waals surface area (Å²) < 4.78 is 5.94. The van der Waals surface area contributed by atoms with Crippen LogP contribution in [-0.2, 0) is 19.4 Å². The second kappa shape index (κ2) is 7.11. The minimum Gasteiger partial charge on any atom is -0.486 e. The van der Waals surface area contributed by atoms with E-state index >= 15 is 0 Å². The summed E-state index contributed by atoms with van der Waals surface area (Å²) in [5.74, 6) is 0.762. The summed E-state index contributed by atoms with van der Waals surface area (Å²) in [6.45, 7) is 4.70. The Morgan fingerprint density at radius 1 is 1.25 bits per heavy atom. The van der Waals surface area contributed by atoms with Crippen molar-refractivity contribution in [1.82, 2.24) is 0 Å². The van der Waals surface area contributed by atoms with Crippen LogP contribution in [0.25, 0.3) is 0 Å². The van der Waals surface area contributed by atoms with E-state index in [1.54, 1.807) is 11.3 Å². The molecule has 0 amide bonds. The normalized spacial score (nSPS) is 12.4. The highest BCUT2D eigenvalue weighted by Crippen LogP contribution is 2.31. The van der Waals surface area contributed by atoms with Gasteiger partial charge in [0.15, 0.2) is 0 Å². The van der Waals surface area contributed by atoms with Crippen LogP contribution in [0.15, 0.2) is 30.3 Å². The van der Waals surface area contributed by atoms with Crippen LogP contribution in [0.1, 0.15) is 29.2 Å². The molecule has 0 saturated heterocycles. The number of para-hydroxylation sites is 1. The van der Waals surface area contributed by atoms with E-state index in [4.69, 9.17) is 22.1 Å². The standard InChI is InChI=1S/C16H20ClNOS/c1-3-13-7-8-14(20-13)10-19-16-12(9-11(2)18)5-4-6-15(16)17/h4-8,11H,3,9-10,18H2,1-2H3. The van der Waals surface area contributed by atoms with Crippen molar-refractivity contribution in [2.45, 2.75) is 39.3 Å². The summed E-state index contributed by atoms with van der Waals surface area (Å²) >= 11 is 8.03. The fraction of sp³-hybridized carbons (Fsp3) is 0.375. The van der Waals surface area contributed by atoms with Gasteiger partial charge in [-0.05, 0) is 43.5 Å². The summed E-state index contributed by atoms with van der Waals surface area (Å²) in [6.07, 6.45) is 1.83. The average molecular weight is 310 g/mol. The van der Waals surface area contributed by atoms with Gasteiger partial charge in [0.2, 0.25) is 0 Å². The number of aryl methyl sites for hydroxylation is 1. The Morgan fingerprint density at radius 2 is 2.00 bits per heavy atom. The molecule has 0 bridgehead atoms. The SMILES string of the molecule is CCc1ccc(COc2c(Cl)cccc2CC(C)N)s1. The second-order valence-electron chi connectivity index (χ2n) is 4.92. The van der Waals surface area contributed by atoms with E-state index < -0.39 is 0 Å². The molecule has 1 atom stereocenters. The van der Waals surface area contributed by atoms with E-state index in [0.29, 0.717) is 11.6 Å². The van der Waals surface area contributed by atoms with Crippen molar-refractivity contribution in [1.29, 1.82) is 0 Å². The van der Waals surface area contributed by atoms with Crippen molar-refractivity contribution in [3.8, 4) is 5.75 Å². The summed E-state index contributed by atoms with van der Waals surface area (Å²) in [7, 11) is 0. The number of benzene rings is 1. The molecular formula is C16H20ClNOS. The van der Waals surface area contributed by atoms with E-state index in [2.05, 4.69) is 19.1 Å². The zero-order valence-corrected chi connectivity index (χ0v) is 13.4. The highest BCUT2D eigenvalue weighted by Gasteiger charge is 2.11. The lowest BCUT2D eigenvalue weighted by molar-refractivity contribution is 0.306. The molecule has 0 saturated carbocycles.